The Hall–Kier alpha value is -2.16. The summed E-state index contributed by atoms with van der Waals surface area (Å²) in [6.45, 7) is 3.21. The molecule has 1 aliphatic rings. The molecule has 1 N–H and O–H groups in total. The Bertz CT molecular complexity index is 557. The first kappa shape index (κ1) is 13.8. The molecule has 0 bridgehead atoms. The summed E-state index contributed by atoms with van der Waals surface area (Å²) in [7, 11) is 1.69. The fraction of sp³-hybridized carbons (Fsp3) is 0.333. The van der Waals surface area contributed by atoms with Gasteiger partial charge in [0.2, 0.25) is 0 Å². The Balaban J connectivity index is 1.57. The number of nitrogens with one attached hydrogen (secondary N) is 1. The van der Waals surface area contributed by atoms with E-state index < -0.39 is 0 Å². The Labute approximate surface area is 126 Å². The first-order chi connectivity index (χ1) is 10.3. The van der Waals surface area contributed by atoms with Gasteiger partial charge in [-0.1, -0.05) is 12.1 Å². The number of anilines is 2. The van der Waals surface area contributed by atoms with Gasteiger partial charge in [-0.3, -0.25) is 0 Å². The Morgan fingerprint density at radius 3 is 2.24 bits per heavy atom. The standard InChI is InChI=1S/C18H22N2O/c1-21-18-10-4-15(5-11-18)14-19-16-6-8-17(9-7-16)20-12-2-3-13-20/h4-11,19H,2-3,12-14H2,1H3. The first-order valence-electron chi connectivity index (χ1n) is 7.57. The predicted octanol–water partition coefficient (Wildman–Crippen LogP) is 3.91. The van der Waals surface area contributed by atoms with Gasteiger partial charge in [0.1, 0.15) is 5.75 Å². The number of methoxy groups -OCH3 is 1. The van der Waals surface area contributed by atoms with Gasteiger partial charge in [0.15, 0.2) is 0 Å². The molecule has 3 nitrogen and oxygen atoms in total. The number of hydrogen-bond donors (Lipinski definition) is 1. The molecular weight excluding hydrogens is 260 g/mol. The number of hydrogen-bond acceptors (Lipinski definition) is 3. The van der Waals surface area contributed by atoms with Crippen molar-refractivity contribution in [3.63, 3.8) is 0 Å². The van der Waals surface area contributed by atoms with Crippen LogP contribution in [0.1, 0.15) is 18.4 Å². The first-order valence-corrected chi connectivity index (χ1v) is 7.57. The number of benzene rings is 2. The average molecular weight is 282 g/mol. The molecular formula is C18H22N2O. The SMILES string of the molecule is COc1ccc(CNc2ccc(N3CCCC3)cc2)cc1. The quantitative estimate of drug-likeness (QED) is 0.900. The van der Waals surface area contributed by atoms with E-state index in [2.05, 4.69) is 46.6 Å². The molecule has 1 heterocycles. The highest BCUT2D eigenvalue weighted by Crippen LogP contribution is 2.22. The summed E-state index contributed by atoms with van der Waals surface area (Å²) in [6.07, 6.45) is 2.63. The van der Waals surface area contributed by atoms with Crippen molar-refractivity contribution in [2.24, 2.45) is 0 Å². The molecule has 0 unspecified atom stereocenters. The second-order valence-electron chi connectivity index (χ2n) is 5.44. The molecule has 1 aliphatic heterocycles. The summed E-state index contributed by atoms with van der Waals surface area (Å²) in [6, 6.07) is 16.9. The molecule has 21 heavy (non-hydrogen) atoms. The minimum absolute atomic E-state index is 0.826. The van der Waals surface area contributed by atoms with E-state index in [-0.39, 0.29) is 0 Å². The van der Waals surface area contributed by atoms with E-state index in [1.165, 1.54) is 37.2 Å². The van der Waals surface area contributed by atoms with Crippen LogP contribution in [0.4, 0.5) is 11.4 Å². The molecule has 2 aromatic rings. The highest BCUT2D eigenvalue weighted by atomic mass is 16.5. The van der Waals surface area contributed by atoms with Crippen LogP contribution in [0.25, 0.3) is 0 Å². The molecule has 3 heteroatoms. The summed E-state index contributed by atoms with van der Waals surface area (Å²) in [4.78, 5) is 2.45. The minimum atomic E-state index is 0.826. The summed E-state index contributed by atoms with van der Waals surface area (Å²) < 4.78 is 5.17. The molecule has 0 atom stereocenters. The van der Waals surface area contributed by atoms with E-state index in [0.717, 1.165) is 18.0 Å². The van der Waals surface area contributed by atoms with Crippen LogP contribution in [-0.4, -0.2) is 20.2 Å². The fourth-order valence-electron chi connectivity index (χ4n) is 2.71. The smallest absolute Gasteiger partial charge is 0.118 e. The van der Waals surface area contributed by atoms with Gasteiger partial charge in [-0.05, 0) is 54.8 Å². The Morgan fingerprint density at radius 1 is 0.952 bits per heavy atom. The molecule has 0 spiro atoms. The maximum atomic E-state index is 5.17. The van der Waals surface area contributed by atoms with E-state index in [4.69, 9.17) is 4.74 Å². The largest absolute Gasteiger partial charge is 0.497 e. The molecule has 0 radical (unpaired) electrons. The zero-order valence-corrected chi connectivity index (χ0v) is 12.5. The molecule has 110 valence electrons. The van der Waals surface area contributed by atoms with Gasteiger partial charge in [0, 0.05) is 31.0 Å². The van der Waals surface area contributed by atoms with Crippen molar-refractivity contribution in [1.29, 1.82) is 0 Å². The van der Waals surface area contributed by atoms with Crippen molar-refractivity contribution >= 4 is 11.4 Å². The lowest BCUT2D eigenvalue weighted by Gasteiger charge is -2.18. The van der Waals surface area contributed by atoms with Crippen LogP contribution >= 0.6 is 0 Å². The normalized spacial score (nSPS) is 14.2. The van der Waals surface area contributed by atoms with E-state index >= 15 is 0 Å². The average Bonchev–Trinajstić information content (AvgIpc) is 3.08. The van der Waals surface area contributed by atoms with Crippen molar-refractivity contribution < 1.29 is 4.74 Å². The van der Waals surface area contributed by atoms with E-state index in [0.29, 0.717) is 0 Å². The summed E-state index contributed by atoms with van der Waals surface area (Å²) in [5.41, 5.74) is 3.75. The van der Waals surface area contributed by atoms with Crippen LogP contribution in [0.2, 0.25) is 0 Å². The molecule has 2 aromatic carbocycles. The van der Waals surface area contributed by atoms with Crippen LogP contribution in [-0.2, 0) is 6.54 Å². The summed E-state index contributed by atoms with van der Waals surface area (Å²) in [5.74, 6) is 0.897. The minimum Gasteiger partial charge on any atom is -0.497 e. The van der Waals surface area contributed by atoms with Gasteiger partial charge in [-0.15, -0.1) is 0 Å². The third-order valence-electron chi connectivity index (χ3n) is 3.99. The predicted molar refractivity (Wildman–Crippen MR) is 88.2 cm³/mol. The lowest BCUT2D eigenvalue weighted by Crippen LogP contribution is -2.17. The zero-order chi connectivity index (χ0) is 14.5. The lowest BCUT2D eigenvalue weighted by atomic mass is 10.2. The van der Waals surface area contributed by atoms with Crippen LogP contribution in [0.3, 0.4) is 0 Å². The number of nitrogens with zero attached hydrogens (tertiary/aromatic N) is 1. The highest BCUT2D eigenvalue weighted by molar-refractivity contribution is 5.55. The fourth-order valence-corrected chi connectivity index (χ4v) is 2.71. The van der Waals surface area contributed by atoms with Gasteiger partial charge in [0.25, 0.3) is 0 Å². The lowest BCUT2D eigenvalue weighted by molar-refractivity contribution is 0.414. The highest BCUT2D eigenvalue weighted by Gasteiger charge is 2.11. The topological polar surface area (TPSA) is 24.5 Å². The summed E-state index contributed by atoms with van der Waals surface area (Å²) >= 11 is 0. The van der Waals surface area contributed by atoms with Crippen molar-refractivity contribution in [3.8, 4) is 5.75 Å². The molecule has 0 aliphatic carbocycles. The second-order valence-corrected chi connectivity index (χ2v) is 5.44. The van der Waals surface area contributed by atoms with Gasteiger partial charge in [-0.25, -0.2) is 0 Å². The molecule has 1 saturated heterocycles. The van der Waals surface area contributed by atoms with Crippen molar-refractivity contribution in [2.45, 2.75) is 19.4 Å². The third kappa shape index (κ3) is 3.48. The molecule has 0 saturated carbocycles. The molecule has 1 fully saturated rings. The maximum Gasteiger partial charge on any atom is 0.118 e. The van der Waals surface area contributed by atoms with Crippen LogP contribution in [0, 0.1) is 0 Å². The summed E-state index contributed by atoms with van der Waals surface area (Å²) in [5, 5.41) is 3.46. The second kappa shape index (κ2) is 6.53. The number of ether oxygens (including phenoxy) is 1. The van der Waals surface area contributed by atoms with E-state index in [1.807, 2.05) is 12.1 Å². The van der Waals surface area contributed by atoms with Crippen molar-refractivity contribution in [2.75, 3.05) is 30.4 Å². The van der Waals surface area contributed by atoms with Gasteiger partial charge in [0.05, 0.1) is 7.11 Å². The van der Waals surface area contributed by atoms with E-state index in [1.54, 1.807) is 7.11 Å². The Kier molecular flexibility index (Phi) is 4.29. The third-order valence-corrected chi connectivity index (χ3v) is 3.99. The zero-order valence-electron chi connectivity index (χ0n) is 12.5. The van der Waals surface area contributed by atoms with E-state index in [9.17, 15) is 0 Å². The van der Waals surface area contributed by atoms with Crippen molar-refractivity contribution in [3.05, 3.63) is 54.1 Å². The molecule has 0 amide bonds. The van der Waals surface area contributed by atoms with Crippen LogP contribution in [0.5, 0.6) is 5.75 Å². The number of rotatable bonds is 5. The van der Waals surface area contributed by atoms with Crippen molar-refractivity contribution in [1.82, 2.24) is 0 Å². The molecule has 0 aromatic heterocycles. The van der Waals surface area contributed by atoms with Gasteiger partial charge in [-0.2, -0.15) is 0 Å². The van der Waals surface area contributed by atoms with Gasteiger partial charge < -0.3 is 15.0 Å². The monoisotopic (exact) mass is 282 g/mol. The molecule has 3 rings (SSSR count). The van der Waals surface area contributed by atoms with Crippen LogP contribution in [0.15, 0.2) is 48.5 Å². The Morgan fingerprint density at radius 2 is 1.62 bits per heavy atom. The van der Waals surface area contributed by atoms with Gasteiger partial charge >= 0.3 is 0 Å². The van der Waals surface area contributed by atoms with Crippen LogP contribution < -0.4 is 15.0 Å². The maximum absolute atomic E-state index is 5.17.